The molecule has 0 aliphatic heterocycles. The second-order valence-corrected chi connectivity index (χ2v) is 18.1. The molecule has 9 heteroatoms. The second-order valence-electron chi connectivity index (χ2n) is 16.7. The summed E-state index contributed by atoms with van der Waals surface area (Å²) in [7, 11) is 1.29. The van der Waals surface area contributed by atoms with E-state index in [1.165, 1.54) is 64.2 Å². The highest BCUT2D eigenvalue weighted by molar-refractivity contribution is 7.45. The Hall–Kier alpha value is -2.58. The minimum atomic E-state index is -4.56. The maximum Gasteiger partial charge on any atom is 0.306 e. The summed E-state index contributed by atoms with van der Waals surface area (Å²) in [6.45, 7) is 5.02. The Morgan fingerprint density at radius 2 is 0.951 bits per heavy atom. The minimum Gasteiger partial charge on any atom is -0.756 e. The summed E-state index contributed by atoms with van der Waals surface area (Å²) in [4.78, 5) is 25.1. The number of carbonyl (C=O) groups excluding carboxylic acids is 1. The predicted octanol–water partition coefficient (Wildman–Crippen LogP) is 14.0. The highest BCUT2D eigenvalue weighted by atomic mass is 31.2. The van der Waals surface area contributed by atoms with Crippen molar-refractivity contribution in [3.63, 3.8) is 0 Å². The van der Waals surface area contributed by atoms with Gasteiger partial charge in [-0.3, -0.25) is 9.36 Å². The van der Waals surface area contributed by atoms with Gasteiger partial charge in [-0.05, 0) is 83.5 Å². The van der Waals surface area contributed by atoms with Crippen molar-refractivity contribution in [2.45, 2.75) is 174 Å². The molecule has 0 N–H and O–H groups in total. The number of allylic oxidation sites excluding steroid dienone is 15. The number of esters is 1. The van der Waals surface area contributed by atoms with Crippen LogP contribution in [-0.2, 0) is 27.9 Å². The first-order valence-electron chi connectivity index (χ1n) is 24.0. The van der Waals surface area contributed by atoms with Gasteiger partial charge in [0.05, 0.1) is 41.0 Å². The molecule has 8 nitrogen and oxygen atoms in total. The van der Waals surface area contributed by atoms with E-state index in [9.17, 15) is 14.3 Å². The average Bonchev–Trinajstić information content (AvgIpc) is 3.22. The van der Waals surface area contributed by atoms with Crippen LogP contribution in [0, 0.1) is 0 Å². The number of carbonyl (C=O) groups is 1. The lowest BCUT2D eigenvalue weighted by atomic mass is 10.1. The van der Waals surface area contributed by atoms with Gasteiger partial charge in [-0.25, -0.2) is 0 Å². The summed E-state index contributed by atoms with van der Waals surface area (Å²) >= 11 is 0. The molecule has 0 heterocycles. The first-order chi connectivity index (χ1) is 29.6. The molecule has 0 saturated carbocycles. The number of ether oxygens (including phenoxy) is 2. The van der Waals surface area contributed by atoms with Crippen LogP contribution in [-0.4, -0.2) is 70.7 Å². The quantitative estimate of drug-likeness (QED) is 0.0198. The number of hydrogen-bond acceptors (Lipinski definition) is 7. The van der Waals surface area contributed by atoms with Gasteiger partial charge in [0.2, 0.25) is 0 Å². The van der Waals surface area contributed by atoms with Crippen molar-refractivity contribution in [1.82, 2.24) is 0 Å². The van der Waals surface area contributed by atoms with E-state index in [1.807, 2.05) is 21.1 Å². The van der Waals surface area contributed by atoms with Crippen molar-refractivity contribution in [2.24, 2.45) is 0 Å². The molecular formula is C52H90NO7P. The number of nitrogens with zero attached hydrogens (tertiary/aromatic N) is 1. The molecule has 0 aromatic rings. The third-order valence-corrected chi connectivity index (χ3v) is 10.6. The first-order valence-corrected chi connectivity index (χ1v) is 25.4. The van der Waals surface area contributed by atoms with Crippen LogP contribution in [0.25, 0.3) is 0 Å². The largest absolute Gasteiger partial charge is 0.756 e. The zero-order chi connectivity index (χ0) is 44.8. The van der Waals surface area contributed by atoms with Crippen LogP contribution < -0.4 is 4.89 Å². The van der Waals surface area contributed by atoms with Gasteiger partial charge >= 0.3 is 5.97 Å². The van der Waals surface area contributed by atoms with Crippen LogP contribution in [0.2, 0.25) is 0 Å². The molecule has 350 valence electrons. The molecule has 0 bridgehead atoms. The summed E-state index contributed by atoms with van der Waals surface area (Å²) in [5, 5.41) is 0. The van der Waals surface area contributed by atoms with Crippen LogP contribution in [0.4, 0.5) is 0 Å². The Morgan fingerprint density at radius 1 is 0.525 bits per heavy atom. The van der Waals surface area contributed by atoms with Crippen molar-refractivity contribution in [3.05, 3.63) is 97.2 Å². The van der Waals surface area contributed by atoms with E-state index in [0.717, 1.165) is 77.0 Å². The fourth-order valence-electron chi connectivity index (χ4n) is 5.97. The van der Waals surface area contributed by atoms with Gasteiger partial charge in [-0.15, -0.1) is 0 Å². The zero-order valence-corrected chi connectivity index (χ0v) is 40.5. The van der Waals surface area contributed by atoms with Crippen molar-refractivity contribution >= 4 is 13.8 Å². The Balaban J connectivity index is 4.30. The number of unbranched alkanes of at least 4 members (excludes halogenated alkanes) is 13. The molecule has 0 amide bonds. The van der Waals surface area contributed by atoms with E-state index in [2.05, 4.69) is 111 Å². The number of quaternary nitrogens is 1. The summed E-state index contributed by atoms with van der Waals surface area (Å²) < 4.78 is 34.5. The highest BCUT2D eigenvalue weighted by Gasteiger charge is 2.20. The Kier molecular flexibility index (Phi) is 42.2. The normalized spacial score (nSPS) is 14.5. The molecule has 2 unspecified atom stereocenters. The third kappa shape index (κ3) is 48.3. The Bertz CT molecular complexity index is 1290. The first kappa shape index (κ1) is 58.4. The van der Waals surface area contributed by atoms with Gasteiger partial charge in [-0.2, -0.15) is 0 Å². The Labute approximate surface area is 375 Å². The van der Waals surface area contributed by atoms with Gasteiger partial charge in [0.25, 0.3) is 7.82 Å². The van der Waals surface area contributed by atoms with Crippen LogP contribution in [0.5, 0.6) is 0 Å². The van der Waals surface area contributed by atoms with Gasteiger partial charge in [0, 0.05) is 6.42 Å². The summed E-state index contributed by atoms with van der Waals surface area (Å²) in [5.41, 5.74) is 0. The predicted molar refractivity (Wildman–Crippen MR) is 258 cm³/mol. The molecule has 0 rings (SSSR count). The van der Waals surface area contributed by atoms with Crippen LogP contribution in [0.15, 0.2) is 97.2 Å². The summed E-state index contributed by atoms with van der Waals surface area (Å²) in [6, 6.07) is 0. The van der Waals surface area contributed by atoms with Gasteiger partial charge in [-0.1, -0.05) is 175 Å². The average molecular weight is 872 g/mol. The van der Waals surface area contributed by atoms with E-state index in [1.54, 1.807) is 0 Å². The van der Waals surface area contributed by atoms with Crippen molar-refractivity contribution in [3.8, 4) is 0 Å². The molecule has 61 heavy (non-hydrogen) atoms. The highest BCUT2D eigenvalue weighted by Crippen LogP contribution is 2.38. The molecule has 0 radical (unpaired) electrons. The molecular weight excluding hydrogens is 782 g/mol. The van der Waals surface area contributed by atoms with E-state index in [-0.39, 0.29) is 32.2 Å². The molecule has 0 spiro atoms. The SMILES string of the molecule is CC/C=C\C/C=C\C/C=C\C/C=C\C/C=C\CCOCC(COP(=O)([O-])OCC[N+](C)(C)C)OC(=O)CCCCCCCCCC/C=C\C/C=C\C/C=C\CCCCCCC. The molecule has 0 saturated heterocycles. The summed E-state index contributed by atoms with van der Waals surface area (Å²) in [5.74, 6) is -0.370. The molecule has 0 aromatic carbocycles. The van der Waals surface area contributed by atoms with Gasteiger partial charge in [0.15, 0.2) is 0 Å². The third-order valence-electron chi connectivity index (χ3n) is 9.64. The molecule has 0 aliphatic rings. The van der Waals surface area contributed by atoms with Crippen molar-refractivity contribution in [1.29, 1.82) is 0 Å². The van der Waals surface area contributed by atoms with Crippen LogP contribution in [0.3, 0.4) is 0 Å². The number of phosphoric acid groups is 1. The van der Waals surface area contributed by atoms with E-state index >= 15 is 0 Å². The smallest absolute Gasteiger partial charge is 0.306 e. The Morgan fingerprint density at radius 3 is 1.43 bits per heavy atom. The van der Waals surface area contributed by atoms with Crippen molar-refractivity contribution < 1.29 is 37.3 Å². The number of rotatable bonds is 43. The maximum absolute atomic E-state index is 12.7. The minimum absolute atomic E-state index is 0.00577. The number of hydrogen-bond donors (Lipinski definition) is 0. The van der Waals surface area contributed by atoms with Gasteiger partial charge < -0.3 is 27.9 Å². The van der Waals surface area contributed by atoms with E-state index in [4.69, 9.17) is 18.5 Å². The van der Waals surface area contributed by atoms with E-state index < -0.39 is 13.9 Å². The molecule has 0 aromatic heterocycles. The molecule has 2 atom stereocenters. The lowest BCUT2D eigenvalue weighted by molar-refractivity contribution is -0.870. The van der Waals surface area contributed by atoms with Gasteiger partial charge in [0.1, 0.15) is 19.3 Å². The standard InChI is InChI=1S/C52H90NO7P/c1-6-8-10-12-14-16-18-20-22-24-25-26-27-28-29-30-31-33-35-37-39-41-43-45-52(54)60-51(50-59-61(55,56)58-48-46-53(3,4)5)49-57-47-44-42-40-38-36-34-32-23-21-19-17-15-13-11-9-7-2/h9,11,15,17-18,20-21,23-25,27-28,34,36,40,42,51H,6-8,10,12-14,16,19,22,26,29-33,35,37-39,41,43-50H2,1-5H3/b11-9-,17-15-,20-18-,23-21-,25-24-,28-27-,36-34-,42-40-. The fraction of sp³-hybridized carbons (Fsp3) is 0.673. The van der Waals surface area contributed by atoms with Crippen LogP contribution >= 0.6 is 7.82 Å². The van der Waals surface area contributed by atoms with E-state index in [0.29, 0.717) is 24.1 Å². The monoisotopic (exact) mass is 872 g/mol. The number of phosphoric ester groups is 1. The second kappa shape index (κ2) is 44.0. The lowest BCUT2D eigenvalue weighted by Crippen LogP contribution is -2.37. The molecule has 0 fully saturated rings. The van der Waals surface area contributed by atoms with Crippen LogP contribution in [0.1, 0.15) is 168 Å². The molecule has 0 aliphatic carbocycles. The topological polar surface area (TPSA) is 94.1 Å². The lowest BCUT2D eigenvalue weighted by Gasteiger charge is -2.28. The maximum atomic E-state index is 12.7. The fourth-order valence-corrected chi connectivity index (χ4v) is 6.70. The van der Waals surface area contributed by atoms with Crippen molar-refractivity contribution in [2.75, 3.05) is 54.1 Å². The zero-order valence-electron chi connectivity index (χ0n) is 39.6. The summed E-state index contributed by atoms with van der Waals surface area (Å²) in [6.07, 6.45) is 60.2. The number of likely N-dealkylation sites (N-methyl/N-ethyl adjacent to an activating group) is 1.